The molecule has 1 heterocycles. The molecule has 20 heavy (non-hydrogen) atoms. The second-order valence-electron chi connectivity index (χ2n) is 4.11. The highest BCUT2D eigenvalue weighted by atomic mass is 35.5. The van der Waals surface area contributed by atoms with Crippen LogP contribution in [0.1, 0.15) is 20.8 Å². The fourth-order valence-electron chi connectivity index (χ4n) is 1.68. The van der Waals surface area contributed by atoms with Gasteiger partial charge in [0.15, 0.2) is 0 Å². The molecule has 0 aliphatic carbocycles. The Kier molecular flexibility index (Phi) is 4.36. The van der Waals surface area contributed by atoms with Crippen molar-refractivity contribution in [1.82, 2.24) is 5.32 Å². The number of nitrogens with one attached hydrogen (secondary N) is 1. The minimum Gasteiger partial charge on any atom is -0.347 e. The number of rotatable bonds is 4. The average molecular weight is 311 g/mol. The van der Waals surface area contributed by atoms with Crippen molar-refractivity contribution in [1.29, 1.82) is 0 Å². The standard InChI is InChI=1S/C13H11ClN2O3S/c1-8-5-6-20-11(8)7-15-13(17)9-3-2-4-10(12(9)14)16(18)19/h2-6H,7H2,1H3,(H,15,17). The number of amides is 1. The van der Waals surface area contributed by atoms with Crippen molar-refractivity contribution >= 4 is 34.5 Å². The van der Waals surface area contributed by atoms with Gasteiger partial charge in [-0.25, -0.2) is 0 Å². The zero-order valence-electron chi connectivity index (χ0n) is 10.6. The van der Waals surface area contributed by atoms with Crippen LogP contribution in [0.3, 0.4) is 0 Å². The van der Waals surface area contributed by atoms with Crippen LogP contribution in [0.4, 0.5) is 5.69 Å². The van der Waals surface area contributed by atoms with Crippen LogP contribution in [-0.2, 0) is 6.54 Å². The van der Waals surface area contributed by atoms with Crippen LogP contribution in [-0.4, -0.2) is 10.8 Å². The lowest BCUT2D eigenvalue weighted by Gasteiger charge is -2.06. The van der Waals surface area contributed by atoms with Crippen LogP contribution < -0.4 is 5.32 Å². The van der Waals surface area contributed by atoms with Gasteiger partial charge < -0.3 is 5.32 Å². The molecule has 0 aliphatic rings. The fraction of sp³-hybridized carbons (Fsp3) is 0.154. The summed E-state index contributed by atoms with van der Waals surface area (Å²) in [6, 6.07) is 6.14. The SMILES string of the molecule is Cc1ccsc1CNC(=O)c1cccc([N+](=O)[O-])c1Cl. The number of nitrogens with zero attached hydrogens (tertiary/aromatic N) is 1. The molecule has 0 saturated carbocycles. The summed E-state index contributed by atoms with van der Waals surface area (Å²) in [5.41, 5.74) is 0.933. The minimum atomic E-state index is -0.609. The normalized spacial score (nSPS) is 10.3. The Morgan fingerprint density at radius 1 is 1.45 bits per heavy atom. The summed E-state index contributed by atoms with van der Waals surface area (Å²) >= 11 is 7.43. The number of thiophene rings is 1. The van der Waals surface area contributed by atoms with Crippen molar-refractivity contribution in [2.45, 2.75) is 13.5 Å². The number of nitro groups is 1. The van der Waals surface area contributed by atoms with E-state index in [0.717, 1.165) is 10.4 Å². The van der Waals surface area contributed by atoms with E-state index in [4.69, 9.17) is 11.6 Å². The largest absolute Gasteiger partial charge is 0.347 e. The highest BCUT2D eigenvalue weighted by molar-refractivity contribution is 7.10. The van der Waals surface area contributed by atoms with E-state index in [1.807, 2.05) is 18.4 Å². The quantitative estimate of drug-likeness (QED) is 0.693. The van der Waals surface area contributed by atoms with Gasteiger partial charge in [-0.15, -0.1) is 11.3 Å². The fourth-order valence-corrected chi connectivity index (χ4v) is 2.80. The van der Waals surface area contributed by atoms with Crippen molar-refractivity contribution in [3.8, 4) is 0 Å². The molecule has 0 atom stereocenters. The summed E-state index contributed by atoms with van der Waals surface area (Å²) in [6.45, 7) is 2.33. The number of nitro benzene ring substituents is 1. The lowest BCUT2D eigenvalue weighted by molar-refractivity contribution is -0.384. The molecule has 0 bridgehead atoms. The smallest absolute Gasteiger partial charge is 0.288 e. The molecule has 0 unspecified atom stereocenters. The second kappa shape index (κ2) is 6.02. The minimum absolute atomic E-state index is 0.107. The molecule has 5 nitrogen and oxygen atoms in total. The molecule has 1 amide bonds. The Labute approximate surface area is 124 Å². The van der Waals surface area contributed by atoms with Gasteiger partial charge in [-0.2, -0.15) is 0 Å². The highest BCUT2D eigenvalue weighted by Crippen LogP contribution is 2.27. The number of hydrogen-bond donors (Lipinski definition) is 1. The molecule has 2 rings (SSSR count). The first kappa shape index (κ1) is 14.5. The topological polar surface area (TPSA) is 72.2 Å². The zero-order valence-corrected chi connectivity index (χ0v) is 12.1. The first-order valence-electron chi connectivity index (χ1n) is 5.74. The third-order valence-corrected chi connectivity index (χ3v) is 4.22. The van der Waals surface area contributed by atoms with E-state index >= 15 is 0 Å². The summed E-state index contributed by atoms with van der Waals surface area (Å²) < 4.78 is 0. The molecule has 0 spiro atoms. The van der Waals surface area contributed by atoms with Crippen LogP contribution in [0.2, 0.25) is 5.02 Å². The van der Waals surface area contributed by atoms with Crippen LogP contribution in [0.5, 0.6) is 0 Å². The van der Waals surface area contributed by atoms with Gasteiger partial charge in [0.2, 0.25) is 0 Å². The van der Waals surface area contributed by atoms with Crippen LogP contribution >= 0.6 is 22.9 Å². The molecule has 1 aromatic heterocycles. The summed E-state index contributed by atoms with van der Waals surface area (Å²) in [5.74, 6) is -0.425. The maximum atomic E-state index is 12.0. The van der Waals surface area contributed by atoms with Crippen molar-refractivity contribution in [3.05, 3.63) is 60.8 Å². The monoisotopic (exact) mass is 310 g/mol. The van der Waals surface area contributed by atoms with Crippen LogP contribution in [0.25, 0.3) is 0 Å². The Morgan fingerprint density at radius 3 is 2.80 bits per heavy atom. The van der Waals surface area contributed by atoms with E-state index in [9.17, 15) is 14.9 Å². The van der Waals surface area contributed by atoms with E-state index in [0.29, 0.717) is 6.54 Å². The lowest BCUT2D eigenvalue weighted by Crippen LogP contribution is -2.23. The van der Waals surface area contributed by atoms with Gasteiger partial charge in [0.25, 0.3) is 11.6 Å². The Morgan fingerprint density at radius 2 is 2.20 bits per heavy atom. The Bertz CT molecular complexity index is 669. The van der Waals surface area contributed by atoms with Gasteiger partial charge >= 0.3 is 0 Å². The van der Waals surface area contributed by atoms with Crippen molar-refractivity contribution < 1.29 is 9.72 Å². The Hall–Kier alpha value is -1.92. The lowest BCUT2D eigenvalue weighted by atomic mass is 10.2. The van der Waals surface area contributed by atoms with Gasteiger partial charge in [0.05, 0.1) is 17.0 Å². The molecular formula is C13H11ClN2O3S. The third kappa shape index (κ3) is 2.97. The van der Waals surface area contributed by atoms with Gasteiger partial charge in [0.1, 0.15) is 5.02 Å². The van der Waals surface area contributed by atoms with E-state index in [2.05, 4.69) is 5.32 Å². The van der Waals surface area contributed by atoms with Gasteiger partial charge in [-0.05, 0) is 30.0 Å². The molecule has 0 saturated heterocycles. The molecule has 2 aromatic rings. The number of carbonyl (C=O) groups is 1. The molecule has 0 radical (unpaired) electrons. The molecule has 1 N–H and O–H groups in total. The zero-order chi connectivity index (χ0) is 14.7. The van der Waals surface area contributed by atoms with E-state index in [1.54, 1.807) is 11.3 Å². The van der Waals surface area contributed by atoms with Crippen LogP contribution in [0, 0.1) is 17.0 Å². The predicted molar refractivity (Wildman–Crippen MR) is 78.3 cm³/mol. The van der Waals surface area contributed by atoms with Gasteiger partial charge in [0, 0.05) is 10.9 Å². The van der Waals surface area contributed by atoms with Crippen molar-refractivity contribution in [2.24, 2.45) is 0 Å². The van der Waals surface area contributed by atoms with E-state index in [1.165, 1.54) is 18.2 Å². The summed E-state index contributed by atoms with van der Waals surface area (Å²) in [6.07, 6.45) is 0. The molecule has 1 aromatic carbocycles. The maximum absolute atomic E-state index is 12.0. The molecular weight excluding hydrogens is 300 g/mol. The van der Waals surface area contributed by atoms with Crippen LogP contribution in [0.15, 0.2) is 29.6 Å². The van der Waals surface area contributed by atoms with Crippen molar-refractivity contribution in [2.75, 3.05) is 0 Å². The summed E-state index contributed by atoms with van der Waals surface area (Å²) in [7, 11) is 0. The number of aryl methyl sites for hydroxylation is 1. The number of carbonyl (C=O) groups excluding carboxylic acids is 1. The highest BCUT2D eigenvalue weighted by Gasteiger charge is 2.19. The first-order chi connectivity index (χ1) is 9.50. The summed E-state index contributed by atoms with van der Waals surface area (Å²) in [4.78, 5) is 23.2. The molecule has 0 aliphatic heterocycles. The summed E-state index contributed by atoms with van der Waals surface area (Å²) in [5, 5.41) is 15.3. The van der Waals surface area contributed by atoms with Crippen molar-refractivity contribution in [3.63, 3.8) is 0 Å². The molecule has 0 fully saturated rings. The maximum Gasteiger partial charge on any atom is 0.288 e. The molecule has 104 valence electrons. The van der Waals surface area contributed by atoms with E-state index < -0.39 is 10.8 Å². The number of hydrogen-bond acceptors (Lipinski definition) is 4. The van der Waals surface area contributed by atoms with Gasteiger partial charge in [-0.1, -0.05) is 17.7 Å². The van der Waals surface area contributed by atoms with E-state index in [-0.39, 0.29) is 16.3 Å². The number of benzene rings is 1. The number of halogens is 1. The average Bonchev–Trinajstić information content (AvgIpc) is 2.81. The third-order valence-electron chi connectivity index (χ3n) is 2.80. The molecule has 7 heteroatoms. The second-order valence-corrected chi connectivity index (χ2v) is 5.48. The predicted octanol–water partition coefficient (Wildman–Crippen LogP) is 3.55. The first-order valence-corrected chi connectivity index (χ1v) is 7.00. The van der Waals surface area contributed by atoms with Gasteiger partial charge in [-0.3, -0.25) is 14.9 Å². The Balaban J connectivity index is 2.16.